The van der Waals surface area contributed by atoms with Gasteiger partial charge in [-0.25, -0.2) is 0 Å². The molecule has 1 aromatic heterocycles. The highest BCUT2D eigenvalue weighted by atomic mass is 32.2. The Morgan fingerprint density at radius 3 is 2.57 bits per heavy atom. The molecule has 0 spiro atoms. The van der Waals surface area contributed by atoms with E-state index in [-0.39, 0.29) is 0 Å². The Labute approximate surface area is 142 Å². The quantitative estimate of drug-likeness (QED) is 0.737. The molecule has 2 aromatic rings. The molecule has 5 heteroatoms. The molecule has 1 aliphatic carbocycles. The van der Waals surface area contributed by atoms with Crippen LogP contribution in [0.3, 0.4) is 0 Å². The van der Waals surface area contributed by atoms with Gasteiger partial charge in [0, 0.05) is 11.6 Å². The van der Waals surface area contributed by atoms with Crippen LogP contribution in [0.2, 0.25) is 0 Å². The Morgan fingerprint density at radius 1 is 1.17 bits per heavy atom. The fourth-order valence-corrected chi connectivity index (χ4v) is 4.14. The number of rotatable bonds is 5. The summed E-state index contributed by atoms with van der Waals surface area (Å²) >= 11 is 1.79. The van der Waals surface area contributed by atoms with Gasteiger partial charge >= 0.3 is 0 Å². The van der Waals surface area contributed by atoms with Crippen molar-refractivity contribution < 1.29 is 4.74 Å². The third-order valence-electron chi connectivity index (χ3n) is 4.68. The summed E-state index contributed by atoms with van der Waals surface area (Å²) in [7, 11) is 1.69. The van der Waals surface area contributed by atoms with Crippen LogP contribution in [0, 0.1) is 5.92 Å². The van der Waals surface area contributed by atoms with Gasteiger partial charge in [0.25, 0.3) is 0 Å². The van der Waals surface area contributed by atoms with E-state index in [0.29, 0.717) is 12.0 Å². The molecule has 1 aliphatic rings. The summed E-state index contributed by atoms with van der Waals surface area (Å²) in [4.78, 5) is 0. The molecule has 0 saturated heterocycles. The van der Waals surface area contributed by atoms with Crippen molar-refractivity contribution in [3.8, 4) is 17.1 Å². The molecule has 0 aliphatic heterocycles. The summed E-state index contributed by atoms with van der Waals surface area (Å²) in [6, 6.07) is 8.64. The van der Waals surface area contributed by atoms with E-state index in [4.69, 9.17) is 4.74 Å². The maximum absolute atomic E-state index is 5.27. The first-order valence-electron chi connectivity index (χ1n) is 8.46. The van der Waals surface area contributed by atoms with Gasteiger partial charge in [-0.1, -0.05) is 38.5 Å². The first-order chi connectivity index (χ1) is 11.2. The number of hydrogen-bond acceptors (Lipinski definition) is 4. The van der Waals surface area contributed by atoms with Crippen molar-refractivity contribution in [3.63, 3.8) is 0 Å². The molecule has 3 rings (SSSR count). The summed E-state index contributed by atoms with van der Waals surface area (Å²) in [5.41, 5.74) is 1.11. The molecule has 0 radical (unpaired) electrons. The van der Waals surface area contributed by atoms with Crippen molar-refractivity contribution in [2.75, 3.05) is 12.9 Å². The van der Waals surface area contributed by atoms with Gasteiger partial charge in [-0.15, -0.1) is 10.2 Å². The van der Waals surface area contributed by atoms with Crippen LogP contribution in [-0.4, -0.2) is 27.6 Å². The van der Waals surface area contributed by atoms with Gasteiger partial charge in [0.1, 0.15) is 5.75 Å². The lowest BCUT2D eigenvalue weighted by Gasteiger charge is -2.31. The molecule has 2 atom stereocenters. The van der Waals surface area contributed by atoms with Crippen LogP contribution in [-0.2, 0) is 0 Å². The van der Waals surface area contributed by atoms with Crippen molar-refractivity contribution >= 4 is 11.8 Å². The second kappa shape index (κ2) is 7.39. The number of benzene rings is 1. The van der Waals surface area contributed by atoms with Crippen LogP contribution in [0.15, 0.2) is 29.4 Å². The standard InChI is InChI=1S/C18H25N3OS/c1-4-23-18-20-19-17(14-9-11-15(22-3)12-10-14)21(18)16-8-6-5-7-13(16)2/h9-13,16H,4-8H2,1-3H3/t13-,16+/m1/s1. The maximum Gasteiger partial charge on any atom is 0.191 e. The molecule has 23 heavy (non-hydrogen) atoms. The average Bonchev–Trinajstić information content (AvgIpc) is 2.99. The average molecular weight is 331 g/mol. The van der Waals surface area contributed by atoms with Crippen LogP contribution in [0.4, 0.5) is 0 Å². The summed E-state index contributed by atoms with van der Waals surface area (Å²) in [5, 5.41) is 10.1. The highest BCUT2D eigenvalue weighted by Crippen LogP contribution is 2.39. The lowest BCUT2D eigenvalue weighted by atomic mass is 9.85. The Hall–Kier alpha value is -1.49. The summed E-state index contributed by atoms with van der Waals surface area (Å²) < 4.78 is 7.65. The van der Waals surface area contributed by atoms with E-state index in [1.54, 1.807) is 18.9 Å². The topological polar surface area (TPSA) is 39.9 Å². The van der Waals surface area contributed by atoms with E-state index in [1.165, 1.54) is 25.7 Å². The minimum absolute atomic E-state index is 0.505. The van der Waals surface area contributed by atoms with Gasteiger partial charge in [-0.3, -0.25) is 4.57 Å². The third kappa shape index (κ3) is 3.39. The Balaban J connectivity index is 2.01. The first-order valence-corrected chi connectivity index (χ1v) is 9.45. The molecule has 1 aromatic carbocycles. The molecule has 0 bridgehead atoms. The third-order valence-corrected chi connectivity index (χ3v) is 5.51. The number of aromatic nitrogens is 3. The fraction of sp³-hybridized carbons (Fsp3) is 0.556. The second-order valence-electron chi connectivity index (χ2n) is 6.17. The van der Waals surface area contributed by atoms with Crippen LogP contribution in [0.1, 0.15) is 45.6 Å². The van der Waals surface area contributed by atoms with E-state index in [2.05, 4.69) is 40.7 Å². The Kier molecular flexibility index (Phi) is 5.26. The zero-order chi connectivity index (χ0) is 16.2. The van der Waals surface area contributed by atoms with Gasteiger partial charge in [0.15, 0.2) is 11.0 Å². The monoisotopic (exact) mass is 331 g/mol. The van der Waals surface area contributed by atoms with Crippen LogP contribution >= 0.6 is 11.8 Å². The predicted octanol–water partition coefficient (Wildman–Crippen LogP) is 4.82. The maximum atomic E-state index is 5.27. The van der Waals surface area contributed by atoms with Gasteiger partial charge in [-0.05, 0) is 48.8 Å². The Bertz CT molecular complexity index is 638. The van der Waals surface area contributed by atoms with Crippen molar-refractivity contribution in [2.24, 2.45) is 5.92 Å². The minimum Gasteiger partial charge on any atom is -0.497 e. The van der Waals surface area contributed by atoms with Crippen molar-refractivity contribution in [3.05, 3.63) is 24.3 Å². The summed E-state index contributed by atoms with van der Waals surface area (Å²) in [6.45, 7) is 4.53. The molecule has 0 unspecified atom stereocenters. The Morgan fingerprint density at radius 2 is 1.91 bits per heavy atom. The van der Waals surface area contributed by atoms with Gasteiger partial charge in [-0.2, -0.15) is 0 Å². The van der Waals surface area contributed by atoms with E-state index in [0.717, 1.165) is 28.0 Å². The lowest BCUT2D eigenvalue weighted by molar-refractivity contribution is 0.247. The van der Waals surface area contributed by atoms with E-state index < -0.39 is 0 Å². The number of nitrogens with zero attached hydrogens (tertiary/aromatic N) is 3. The number of methoxy groups -OCH3 is 1. The molecule has 4 nitrogen and oxygen atoms in total. The smallest absolute Gasteiger partial charge is 0.191 e. The lowest BCUT2D eigenvalue weighted by Crippen LogP contribution is -2.22. The SMILES string of the molecule is CCSc1nnc(-c2ccc(OC)cc2)n1[C@H]1CCCC[C@H]1C. The number of ether oxygens (including phenoxy) is 1. The number of hydrogen-bond donors (Lipinski definition) is 0. The second-order valence-corrected chi connectivity index (χ2v) is 7.40. The molecule has 1 fully saturated rings. The molecule has 1 saturated carbocycles. The first kappa shape index (κ1) is 16.4. The van der Waals surface area contributed by atoms with E-state index in [1.807, 2.05) is 12.1 Å². The van der Waals surface area contributed by atoms with E-state index in [9.17, 15) is 0 Å². The predicted molar refractivity (Wildman–Crippen MR) is 95.1 cm³/mol. The van der Waals surface area contributed by atoms with Crippen LogP contribution in [0.25, 0.3) is 11.4 Å². The zero-order valence-corrected chi connectivity index (χ0v) is 15.0. The van der Waals surface area contributed by atoms with Crippen LogP contribution < -0.4 is 4.74 Å². The van der Waals surface area contributed by atoms with Crippen molar-refractivity contribution in [2.45, 2.75) is 50.7 Å². The normalized spacial score (nSPS) is 21.3. The largest absolute Gasteiger partial charge is 0.497 e. The van der Waals surface area contributed by atoms with Gasteiger partial charge in [0.2, 0.25) is 0 Å². The molecule has 0 amide bonds. The molecular weight excluding hydrogens is 306 g/mol. The van der Waals surface area contributed by atoms with Crippen molar-refractivity contribution in [1.29, 1.82) is 0 Å². The van der Waals surface area contributed by atoms with Crippen molar-refractivity contribution in [1.82, 2.24) is 14.8 Å². The highest BCUT2D eigenvalue weighted by molar-refractivity contribution is 7.99. The van der Waals surface area contributed by atoms with E-state index >= 15 is 0 Å². The number of thioether (sulfide) groups is 1. The molecule has 1 heterocycles. The summed E-state index contributed by atoms with van der Waals surface area (Å²) in [5.74, 6) is 3.55. The minimum atomic E-state index is 0.505. The van der Waals surface area contributed by atoms with Gasteiger partial charge < -0.3 is 4.74 Å². The summed E-state index contributed by atoms with van der Waals surface area (Å²) in [6.07, 6.45) is 5.15. The zero-order valence-electron chi connectivity index (χ0n) is 14.2. The van der Waals surface area contributed by atoms with Gasteiger partial charge in [0.05, 0.1) is 7.11 Å². The molecular formula is C18H25N3OS. The highest BCUT2D eigenvalue weighted by Gasteiger charge is 2.28. The fourth-order valence-electron chi connectivity index (χ4n) is 3.42. The van der Waals surface area contributed by atoms with Crippen LogP contribution in [0.5, 0.6) is 5.75 Å². The molecule has 0 N–H and O–H groups in total. The molecule has 124 valence electrons.